The molecule has 2 aromatic carbocycles. The molecule has 0 bridgehead atoms. The Morgan fingerprint density at radius 1 is 1.00 bits per heavy atom. The number of nitrogens with one attached hydrogen (secondary N) is 3. The van der Waals surface area contributed by atoms with Crippen molar-refractivity contribution in [3.05, 3.63) is 59.1 Å². The quantitative estimate of drug-likeness (QED) is 0.546. The number of anilines is 1. The lowest BCUT2D eigenvalue weighted by Crippen LogP contribution is -2.34. The van der Waals surface area contributed by atoms with Gasteiger partial charge in [-0.2, -0.15) is 0 Å². The summed E-state index contributed by atoms with van der Waals surface area (Å²) in [6.45, 7) is 0.0181. The third-order valence-corrected chi connectivity index (χ3v) is 5.54. The lowest BCUT2D eigenvalue weighted by molar-refractivity contribution is 0.0954. The topological polar surface area (TPSA) is 121 Å². The normalized spacial score (nSPS) is 11.8. The zero-order valence-electron chi connectivity index (χ0n) is 14.3. The molecule has 0 fully saturated rings. The van der Waals surface area contributed by atoms with Gasteiger partial charge in [-0.3, -0.25) is 9.52 Å². The van der Waals surface area contributed by atoms with E-state index < -0.39 is 26.0 Å². The van der Waals surface area contributed by atoms with Gasteiger partial charge in [-0.05, 0) is 36.4 Å². The Hall–Kier alpha value is -2.14. The SMILES string of the molecule is CS(=O)(=O)Nc1cccc(C(=O)NCCNS(=O)(=O)c2cccc(Cl)c2)c1. The minimum absolute atomic E-state index is 0.0259. The number of carbonyl (C=O) groups excluding carboxylic acids is 1. The third-order valence-electron chi connectivity index (χ3n) is 3.24. The minimum atomic E-state index is -3.73. The fourth-order valence-corrected chi connectivity index (χ4v) is 4.01. The van der Waals surface area contributed by atoms with Gasteiger partial charge in [0.25, 0.3) is 5.91 Å². The van der Waals surface area contributed by atoms with Crippen LogP contribution < -0.4 is 14.8 Å². The zero-order chi connectivity index (χ0) is 20.1. The van der Waals surface area contributed by atoms with E-state index in [1.807, 2.05) is 0 Å². The summed E-state index contributed by atoms with van der Waals surface area (Å²) in [5, 5.41) is 2.86. The van der Waals surface area contributed by atoms with Gasteiger partial charge in [0.1, 0.15) is 0 Å². The molecule has 0 heterocycles. The number of carbonyl (C=O) groups is 1. The lowest BCUT2D eigenvalue weighted by Gasteiger charge is -2.09. The summed E-state index contributed by atoms with van der Waals surface area (Å²) in [5.41, 5.74) is 0.494. The summed E-state index contributed by atoms with van der Waals surface area (Å²) in [5.74, 6) is -0.464. The molecule has 0 aliphatic carbocycles. The maximum Gasteiger partial charge on any atom is 0.251 e. The number of hydrogen-bond acceptors (Lipinski definition) is 5. The van der Waals surface area contributed by atoms with Gasteiger partial charge in [-0.25, -0.2) is 21.6 Å². The average molecular weight is 432 g/mol. The highest BCUT2D eigenvalue weighted by Gasteiger charge is 2.14. The Bertz CT molecular complexity index is 1040. The van der Waals surface area contributed by atoms with Gasteiger partial charge < -0.3 is 5.32 Å². The van der Waals surface area contributed by atoms with E-state index in [2.05, 4.69) is 14.8 Å². The van der Waals surface area contributed by atoms with Crippen LogP contribution in [-0.2, 0) is 20.0 Å². The van der Waals surface area contributed by atoms with Crippen molar-refractivity contribution in [1.29, 1.82) is 0 Å². The fraction of sp³-hybridized carbons (Fsp3) is 0.188. The molecule has 0 aliphatic rings. The number of halogens is 1. The van der Waals surface area contributed by atoms with Crippen molar-refractivity contribution in [2.45, 2.75) is 4.90 Å². The average Bonchev–Trinajstić information content (AvgIpc) is 2.57. The highest BCUT2D eigenvalue weighted by molar-refractivity contribution is 7.92. The predicted octanol–water partition coefficient (Wildman–Crippen LogP) is 1.42. The first-order valence-electron chi connectivity index (χ1n) is 7.68. The van der Waals surface area contributed by atoms with E-state index in [9.17, 15) is 21.6 Å². The van der Waals surface area contributed by atoms with Crippen LogP contribution in [-0.4, -0.2) is 42.1 Å². The first kappa shape index (κ1) is 21.2. The number of benzene rings is 2. The highest BCUT2D eigenvalue weighted by atomic mass is 35.5. The first-order chi connectivity index (χ1) is 12.6. The highest BCUT2D eigenvalue weighted by Crippen LogP contribution is 2.15. The van der Waals surface area contributed by atoms with Crippen molar-refractivity contribution < 1.29 is 21.6 Å². The monoisotopic (exact) mass is 431 g/mol. The van der Waals surface area contributed by atoms with Crippen LogP contribution in [0.1, 0.15) is 10.4 Å². The predicted molar refractivity (Wildman–Crippen MR) is 104 cm³/mol. The molecule has 0 radical (unpaired) electrons. The molecule has 1 amide bonds. The van der Waals surface area contributed by atoms with Gasteiger partial charge in [0.15, 0.2) is 0 Å². The van der Waals surface area contributed by atoms with Crippen molar-refractivity contribution >= 4 is 43.2 Å². The van der Waals surface area contributed by atoms with Crippen LogP contribution in [0.2, 0.25) is 5.02 Å². The lowest BCUT2D eigenvalue weighted by atomic mass is 10.2. The molecule has 0 saturated heterocycles. The van der Waals surface area contributed by atoms with Gasteiger partial charge in [0.05, 0.1) is 11.2 Å². The number of hydrogen-bond donors (Lipinski definition) is 3. The van der Waals surface area contributed by atoms with Gasteiger partial charge in [-0.15, -0.1) is 0 Å². The summed E-state index contributed by atoms with van der Waals surface area (Å²) >= 11 is 5.78. The number of amides is 1. The van der Waals surface area contributed by atoms with E-state index >= 15 is 0 Å². The molecule has 0 aromatic heterocycles. The summed E-state index contributed by atoms with van der Waals surface area (Å²) in [4.78, 5) is 12.1. The van der Waals surface area contributed by atoms with Crippen LogP contribution in [0.25, 0.3) is 0 Å². The van der Waals surface area contributed by atoms with Gasteiger partial charge in [0, 0.05) is 29.4 Å². The maximum atomic E-state index is 12.1. The Balaban J connectivity index is 1.90. The van der Waals surface area contributed by atoms with Crippen LogP contribution in [0.15, 0.2) is 53.4 Å². The molecule has 27 heavy (non-hydrogen) atoms. The molecule has 0 saturated carbocycles. The molecule has 0 unspecified atom stereocenters. The van der Waals surface area contributed by atoms with E-state index in [1.54, 1.807) is 6.07 Å². The molecule has 0 spiro atoms. The second-order valence-corrected chi connectivity index (χ2v) is 9.52. The van der Waals surface area contributed by atoms with E-state index in [1.165, 1.54) is 42.5 Å². The molecule has 0 aliphatic heterocycles. The van der Waals surface area contributed by atoms with Crippen molar-refractivity contribution in [3.63, 3.8) is 0 Å². The van der Waals surface area contributed by atoms with Crippen molar-refractivity contribution in [3.8, 4) is 0 Å². The van der Waals surface area contributed by atoms with Crippen molar-refractivity contribution in [1.82, 2.24) is 10.0 Å². The van der Waals surface area contributed by atoms with Crippen LogP contribution in [0, 0.1) is 0 Å². The first-order valence-corrected chi connectivity index (χ1v) is 11.4. The summed E-state index contributed by atoms with van der Waals surface area (Å²) in [6.07, 6.45) is 1.01. The summed E-state index contributed by atoms with van der Waals surface area (Å²) < 4.78 is 51.4. The molecule has 11 heteroatoms. The summed E-state index contributed by atoms with van der Waals surface area (Å²) in [6, 6.07) is 11.8. The van der Waals surface area contributed by atoms with Gasteiger partial charge in [0.2, 0.25) is 20.0 Å². The molecule has 146 valence electrons. The Morgan fingerprint density at radius 2 is 1.70 bits per heavy atom. The number of sulfonamides is 2. The third kappa shape index (κ3) is 6.83. The minimum Gasteiger partial charge on any atom is -0.351 e. The maximum absolute atomic E-state index is 12.1. The molecular formula is C16H18ClN3O5S2. The zero-order valence-corrected chi connectivity index (χ0v) is 16.7. The molecule has 0 atom stereocenters. The molecule has 3 N–H and O–H groups in total. The fourth-order valence-electron chi connectivity index (χ4n) is 2.12. The van der Waals surface area contributed by atoms with Crippen molar-refractivity contribution in [2.24, 2.45) is 0 Å². The van der Waals surface area contributed by atoms with Gasteiger partial charge >= 0.3 is 0 Å². The second-order valence-electron chi connectivity index (χ2n) is 5.57. The van der Waals surface area contributed by atoms with E-state index in [0.717, 1.165) is 6.26 Å². The Kier molecular flexibility index (Phi) is 6.82. The van der Waals surface area contributed by atoms with E-state index in [4.69, 9.17) is 11.6 Å². The Labute approximate surface area is 163 Å². The second kappa shape index (κ2) is 8.70. The van der Waals surface area contributed by atoms with Crippen LogP contribution in [0.5, 0.6) is 0 Å². The molecule has 2 aromatic rings. The smallest absolute Gasteiger partial charge is 0.251 e. The van der Waals surface area contributed by atoms with Crippen LogP contribution >= 0.6 is 11.6 Å². The molecular weight excluding hydrogens is 414 g/mol. The summed E-state index contributed by atoms with van der Waals surface area (Å²) in [7, 11) is -7.19. The largest absolute Gasteiger partial charge is 0.351 e. The Morgan fingerprint density at radius 3 is 2.37 bits per heavy atom. The number of rotatable bonds is 8. The molecule has 8 nitrogen and oxygen atoms in total. The van der Waals surface area contributed by atoms with Crippen LogP contribution in [0.4, 0.5) is 5.69 Å². The van der Waals surface area contributed by atoms with Crippen LogP contribution in [0.3, 0.4) is 0 Å². The van der Waals surface area contributed by atoms with Crippen molar-refractivity contribution in [2.75, 3.05) is 24.1 Å². The standard InChI is InChI=1S/C16H18ClN3O5S2/c1-26(22,23)20-14-6-2-4-12(10-14)16(21)18-8-9-19-27(24,25)15-7-3-5-13(17)11-15/h2-7,10-11,19-20H,8-9H2,1H3,(H,18,21). The molecule has 2 rings (SSSR count). The van der Waals surface area contributed by atoms with Gasteiger partial charge in [-0.1, -0.05) is 23.7 Å². The van der Waals surface area contributed by atoms with E-state index in [0.29, 0.717) is 5.02 Å². The van der Waals surface area contributed by atoms with E-state index in [-0.39, 0.29) is 29.2 Å².